The zero-order chi connectivity index (χ0) is 22.2. The number of anilines is 2. The van der Waals surface area contributed by atoms with Crippen LogP contribution in [0.4, 0.5) is 11.4 Å². The average Bonchev–Trinajstić information content (AvgIpc) is 2.63. The minimum atomic E-state index is -1.03. The molecule has 5 nitrogen and oxygen atoms in total. The van der Waals surface area contributed by atoms with Gasteiger partial charge < -0.3 is 4.79 Å². The molecule has 30 heavy (non-hydrogen) atoms. The maximum absolute atomic E-state index is 13.7. The van der Waals surface area contributed by atoms with Crippen LogP contribution in [0.2, 0.25) is 0 Å². The summed E-state index contributed by atoms with van der Waals surface area (Å²) in [5.74, 6) is -1.89. The van der Waals surface area contributed by atoms with Gasteiger partial charge in [0.25, 0.3) is 0 Å². The van der Waals surface area contributed by atoms with Gasteiger partial charge in [0.15, 0.2) is 5.11 Å². The summed E-state index contributed by atoms with van der Waals surface area (Å²) in [7, 11) is 0. The van der Waals surface area contributed by atoms with Crippen LogP contribution >= 0.6 is 12.2 Å². The number of benzene rings is 2. The van der Waals surface area contributed by atoms with Gasteiger partial charge in [-0.25, -0.2) is 0 Å². The van der Waals surface area contributed by atoms with Gasteiger partial charge in [-0.05, 0) is 61.7 Å². The Morgan fingerprint density at radius 2 is 1.30 bits per heavy atom. The Kier molecular flexibility index (Phi) is 5.90. The molecule has 0 spiro atoms. The highest BCUT2D eigenvalue weighted by molar-refractivity contribution is 7.81. The van der Waals surface area contributed by atoms with Gasteiger partial charge >= 0.3 is 0 Å². The molecule has 0 unspecified atom stereocenters. The molecule has 0 bridgehead atoms. The van der Waals surface area contributed by atoms with Crippen LogP contribution in [0, 0.1) is 25.2 Å². The number of aryl methyl sites for hydroxylation is 2. The van der Waals surface area contributed by atoms with Gasteiger partial charge in [0.2, 0.25) is 11.8 Å². The van der Waals surface area contributed by atoms with Gasteiger partial charge in [-0.3, -0.25) is 19.4 Å². The number of hydrogen-bond donors (Lipinski definition) is 0. The van der Waals surface area contributed by atoms with E-state index in [1.807, 2.05) is 62.4 Å². The van der Waals surface area contributed by atoms with E-state index in [2.05, 4.69) is 0 Å². The normalized spacial score (nSPS) is 15.7. The molecule has 0 saturated carbocycles. The first kappa shape index (κ1) is 21.8. The minimum absolute atomic E-state index is 0.0707. The molecule has 1 aliphatic heterocycles. The van der Waals surface area contributed by atoms with E-state index in [1.54, 1.807) is 13.8 Å². The molecule has 0 aliphatic carbocycles. The molecule has 1 heterocycles. The first-order valence-corrected chi connectivity index (χ1v) is 10.3. The fraction of sp³-hybridized carbons (Fsp3) is 0.333. The SMILES string of the molecule is CC(=O)CC(C)(C)C1C(=O)N(c2ccccc2C)C(=S)N(c2ccccc2C)C1=O. The third-order valence-electron chi connectivity index (χ3n) is 5.52. The molecule has 0 atom stereocenters. The van der Waals surface area contributed by atoms with Crippen LogP contribution in [-0.2, 0) is 14.4 Å². The van der Waals surface area contributed by atoms with E-state index in [4.69, 9.17) is 12.2 Å². The molecule has 2 amide bonds. The summed E-state index contributed by atoms with van der Waals surface area (Å²) in [5, 5.41) is 0.128. The van der Waals surface area contributed by atoms with Crippen LogP contribution in [0.5, 0.6) is 0 Å². The van der Waals surface area contributed by atoms with E-state index >= 15 is 0 Å². The van der Waals surface area contributed by atoms with E-state index < -0.39 is 23.1 Å². The van der Waals surface area contributed by atoms with Gasteiger partial charge in [-0.15, -0.1) is 0 Å². The number of carbonyl (C=O) groups is 3. The van der Waals surface area contributed by atoms with Crippen LogP contribution in [0.25, 0.3) is 0 Å². The lowest BCUT2D eigenvalue weighted by molar-refractivity contribution is -0.138. The monoisotopic (exact) mass is 422 g/mol. The number of para-hydroxylation sites is 2. The summed E-state index contributed by atoms with van der Waals surface area (Å²) in [6, 6.07) is 14.9. The molecule has 0 aromatic heterocycles. The van der Waals surface area contributed by atoms with Crippen LogP contribution < -0.4 is 9.80 Å². The lowest BCUT2D eigenvalue weighted by Gasteiger charge is -2.44. The smallest absolute Gasteiger partial charge is 0.246 e. The summed E-state index contributed by atoms with van der Waals surface area (Å²) >= 11 is 5.69. The number of ketones is 1. The van der Waals surface area contributed by atoms with E-state index in [9.17, 15) is 14.4 Å². The standard InChI is InChI=1S/C24H26N2O3S/c1-15-10-6-8-12-18(15)25-21(28)20(24(4,5)14-17(3)27)22(29)26(23(25)30)19-13-9-7-11-16(19)2/h6-13,20H,14H2,1-5H3. The number of carbonyl (C=O) groups excluding carboxylic acids is 3. The molecule has 2 aromatic carbocycles. The van der Waals surface area contributed by atoms with E-state index in [0.717, 1.165) is 11.1 Å². The third-order valence-corrected chi connectivity index (χ3v) is 5.88. The summed E-state index contributed by atoms with van der Waals surface area (Å²) in [6.07, 6.45) is 0.116. The van der Waals surface area contributed by atoms with E-state index in [1.165, 1.54) is 16.7 Å². The van der Waals surface area contributed by atoms with Crippen LogP contribution in [0.15, 0.2) is 48.5 Å². The van der Waals surface area contributed by atoms with Crippen molar-refractivity contribution in [2.75, 3.05) is 9.80 Å². The largest absolute Gasteiger partial charge is 0.300 e. The Labute approximate surface area is 182 Å². The van der Waals surface area contributed by atoms with Crippen molar-refractivity contribution in [1.82, 2.24) is 0 Å². The molecule has 6 heteroatoms. The lowest BCUT2D eigenvalue weighted by Crippen LogP contribution is -2.63. The third kappa shape index (κ3) is 3.79. The molecule has 1 aliphatic rings. The highest BCUT2D eigenvalue weighted by Gasteiger charge is 2.52. The van der Waals surface area contributed by atoms with Gasteiger partial charge in [-0.1, -0.05) is 50.2 Å². The molecular weight excluding hydrogens is 396 g/mol. The van der Waals surface area contributed by atoms with E-state index in [0.29, 0.717) is 11.4 Å². The second-order valence-corrected chi connectivity index (χ2v) is 8.87. The first-order valence-electron chi connectivity index (χ1n) is 9.89. The van der Waals surface area contributed by atoms with Gasteiger partial charge in [-0.2, -0.15) is 0 Å². The fourth-order valence-corrected chi connectivity index (χ4v) is 4.51. The zero-order valence-corrected chi connectivity index (χ0v) is 18.7. The van der Waals surface area contributed by atoms with Crippen LogP contribution in [0.1, 0.15) is 38.3 Å². The fourth-order valence-electron chi connectivity index (χ4n) is 4.14. The highest BCUT2D eigenvalue weighted by atomic mass is 32.1. The van der Waals surface area contributed by atoms with Gasteiger partial charge in [0.05, 0.1) is 11.4 Å². The second-order valence-electron chi connectivity index (χ2n) is 8.50. The van der Waals surface area contributed by atoms with E-state index in [-0.39, 0.29) is 17.3 Å². The van der Waals surface area contributed by atoms with Crippen molar-refractivity contribution in [2.45, 2.75) is 41.0 Å². The van der Waals surface area contributed by atoms with Gasteiger partial charge in [0, 0.05) is 6.42 Å². The van der Waals surface area contributed by atoms with Crippen LogP contribution in [0.3, 0.4) is 0 Å². The summed E-state index contributed by atoms with van der Waals surface area (Å²) < 4.78 is 0. The second kappa shape index (κ2) is 8.11. The molecular formula is C24H26N2O3S. The Balaban J connectivity index is 2.22. The predicted molar refractivity (Wildman–Crippen MR) is 122 cm³/mol. The first-order chi connectivity index (χ1) is 14.1. The van der Waals surface area contributed by atoms with Crippen molar-refractivity contribution < 1.29 is 14.4 Å². The number of nitrogens with zero attached hydrogens (tertiary/aromatic N) is 2. The number of rotatable bonds is 5. The summed E-state index contributed by atoms with van der Waals surface area (Å²) in [6.45, 7) is 8.85. The Morgan fingerprint density at radius 1 is 0.900 bits per heavy atom. The van der Waals surface area contributed by atoms with Crippen molar-refractivity contribution in [3.05, 3.63) is 59.7 Å². The topological polar surface area (TPSA) is 57.7 Å². The number of amides is 2. The van der Waals surface area contributed by atoms with Crippen molar-refractivity contribution in [2.24, 2.45) is 11.3 Å². The minimum Gasteiger partial charge on any atom is -0.300 e. The highest BCUT2D eigenvalue weighted by Crippen LogP contribution is 2.40. The Morgan fingerprint density at radius 3 is 1.67 bits per heavy atom. The van der Waals surface area contributed by atoms with Gasteiger partial charge in [0.1, 0.15) is 11.7 Å². The maximum Gasteiger partial charge on any atom is 0.246 e. The van der Waals surface area contributed by atoms with Crippen molar-refractivity contribution in [1.29, 1.82) is 0 Å². The number of hydrogen-bond acceptors (Lipinski definition) is 4. The predicted octanol–water partition coefficient (Wildman–Crippen LogP) is 4.59. The average molecular weight is 423 g/mol. The van der Waals surface area contributed by atoms with Crippen molar-refractivity contribution in [3.8, 4) is 0 Å². The Bertz CT molecular complexity index is 977. The Hall–Kier alpha value is -2.86. The molecule has 2 aromatic rings. The molecule has 156 valence electrons. The quantitative estimate of drug-likeness (QED) is 0.522. The molecule has 3 rings (SSSR count). The summed E-state index contributed by atoms with van der Waals surface area (Å²) in [5.41, 5.74) is 2.16. The van der Waals surface area contributed by atoms with Crippen LogP contribution in [-0.4, -0.2) is 22.7 Å². The number of Topliss-reactive ketones (excluding diaryl/α,β-unsaturated/α-hetero) is 1. The van der Waals surface area contributed by atoms with Crippen molar-refractivity contribution in [3.63, 3.8) is 0 Å². The molecule has 0 N–H and O–H groups in total. The molecule has 1 fully saturated rings. The maximum atomic E-state index is 13.7. The zero-order valence-electron chi connectivity index (χ0n) is 17.9. The lowest BCUT2D eigenvalue weighted by atomic mass is 9.72. The molecule has 1 saturated heterocycles. The van der Waals surface area contributed by atoms with Crippen molar-refractivity contribution >= 4 is 46.3 Å². The number of thiocarbonyl (C=S) groups is 1. The molecule has 0 radical (unpaired) electrons. The summed E-state index contributed by atoms with van der Waals surface area (Å²) in [4.78, 5) is 42.2.